The Morgan fingerprint density at radius 3 is 3.14 bits per heavy atom. The fourth-order valence-corrected chi connectivity index (χ4v) is 2.39. The molecule has 0 saturated carbocycles. The highest BCUT2D eigenvalue weighted by molar-refractivity contribution is 7.12. The van der Waals surface area contributed by atoms with Gasteiger partial charge in [-0.2, -0.15) is 0 Å². The molecule has 1 aromatic rings. The molecular weight excluding hydrogens is 198 g/mol. The third-order valence-corrected chi connectivity index (χ3v) is 3.27. The van der Waals surface area contributed by atoms with E-state index in [4.69, 9.17) is 0 Å². The van der Waals surface area contributed by atoms with Crippen LogP contribution in [0.1, 0.15) is 22.5 Å². The number of likely N-dealkylation sites (tertiary alicyclic amines) is 1. The van der Waals surface area contributed by atoms with Crippen LogP contribution in [0.5, 0.6) is 0 Å². The molecule has 1 N–H and O–H groups in total. The summed E-state index contributed by atoms with van der Waals surface area (Å²) in [6.45, 7) is 1.25. The van der Waals surface area contributed by atoms with E-state index in [9.17, 15) is 9.90 Å². The van der Waals surface area contributed by atoms with E-state index in [1.54, 1.807) is 4.90 Å². The molecule has 3 nitrogen and oxygen atoms in total. The van der Waals surface area contributed by atoms with Gasteiger partial charge in [-0.15, -0.1) is 11.3 Å². The zero-order valence-electron chi connectivity index (χ0n) is 7.85. The normalized spacial score (nSPS) is 22.4. The number of rotatable bonds is 1. The molecule has 0 bridgehead atoms. The molecule has 1 aliphatic rings. The second-order valence-electron chi connectivity index (χ2n) is 3.52. The largest absolute Gasteiger partial charge is 0.391 e. The smallest absolute Gasteiger partial charge is 0.264 e. The Bertz CT molecular complexity index is 310. The zero-order chi connectivity index (χ0) is 9.97. The van der Waals surface area contributed by atoms with Gasteiger partial charge in [0.15, 0.2) is 0 Å². The molecule has 0 aliphatic carbocycles. The molecule has 2 heterocycles. The molecule has 1 atom stereocenters. The molecule has 1 amide bonds. The molecule has 0 aromatic carbocycles. The van der Waals surface area contributed by atoms with Crippen molar-refractivity contribution >= 4 is 17.2 Å². The number of β-amino-alcohol motifs (C(OH)–C–C–N with tert-alkyl or cyclic N) is 1. The van der Waals surface area contributed by atoms with Crippen LogP contribution in [0.2, 0.25) is 0 Å². The molecule has 76 valence electrons. The second-order valence-corrected chi connectivity index (χ2v) is 4.47. The maximum atomic E-state index is 11.8. The third-order valence-electron chi connectivity index (χ3n) is 2.42. The van der Waals surface area contributed by atoms with Crippen LogP contribution in [0.25, 0.3) is 0 Å². The predicted molar refractivity (Wildman–Crippen MR) is 55.5 cm³/mol. The molecular formula is C10H13NO2S. The van der Waals surface area contributed by atoms with E-state index in [0.717, 1.165) is 24.3 Å². The van der Waals surface area contributed by atoms with Crippen molar-refractivity contribution in [2.24, 2.45) is 0 Å². The van der Waals surface area contributed by atoms with Gasteiger partial charge in [-0.05, 0) is 24.3 Å². The van der Waals surface area contributed by atoms with Crippen molar-refractivity contribution in [2.45, 2.75) is 18.9 Å². The van der Waals surface area contributed by atoms with Gasteiger partial charge in [0, 0.05) is 13.1 Å². The fraction of sp³-hybridized carbons (Fsp3) is 0.500. The average molecular weight is 211 g/mol. The van der Waals surface area contributed by atoms with E-state index in [1.165, 1.54) is 11.3 Å². The molecule has 0 radical (unpaired) electrons. The first-order chi connectivity index (χ1) is 6.77. The Hall–Kier alpha value is -0.870. The number of carbonyl (C=O) groups excluding carboxylic acids is 1. The predicted octanol–water partition coefficient (Wildman–Crippen LogP) is 1.34. The van der Waals surface area contributed by atoms with Crippen LogP contribution >= 0.6 is 11.3 Å². The Morgan fingerprint density at radius 1 is 1.64 bits per heavy atom. The summed E-state index contributed by atoms with van der Waals surface area (Å²) in [6, 6.07) is 3.70. The highest BCUT2D eigenvalue weighted by Gasteiger charge is 2.23. The summed E-state index contributed by atoms with van der Waals surface area (Å²) in [7, 11) is 0. The van der Waals surface area contributed by atoms with E-state index < -0.39 is 0 Å². The van der Waals surface area contributed by atoms with Gasteiger partial charge in [0.05, 0.1) is 11.0 Å². The van der Waals surface area contributed by atoms with Gasteiger partial charge in [-0.1, -0.05) is 6.07 Å². The van der Waals surface area contributed by atoms with Gasteiger partial charge in [-0.3, -0.25) is 4.79 Å². The van der Waals surface area contributed by atoms with Gasteiger partial charge in [0.1, 0.15) is 0 Å². The Labute approximate surface area is 87.0 Å². The van der Waals surface area contributed by atoms with Gasteiger partial charge in [-0.25, -0.2) is 0 Å². The average Bonchev–Trinajstić information content (AvgIpc) is 2.69. The minimum atomic E-state index is -0.340. The van der Waals surface area contributed by atoms with Crippen LogP contribution in [0.4, 0.5) is 0 Å². The van der Waals surface area contributed by atoms with Crippen LogP contribution in [0.3, 0.4) is 0 Å². The van der Waals surface area contributed by atoms with Crippen molar-refractivity contribution in [1.82, 2.24) is 4.90 Å². The van der Waals surface area contributed by atoms with Crippen molar-refractivity contribution in [3.8, 4) is 0 Å². The van der Waals surface area contributed by atoms with E-state index in [1.807, 2.05) is 17.5 Å². The highest BCUT2D eigenvalue weighted by Crippen LogP contribution is 2.16. The number of amides is 1. The Kier molecular flexibility index (Phi) is 2.84. The number of aliphatic hydroxyl groups is 1. The number of carbonyl (C=O) groups is 1. The third kappa shape index (κ3) is 1.96. The van der Waals surface area contributed by atoms with Gasteiger partial charge in [0.25, 0.3) is 5.91 Å². The van der Waals surface area contributed by atoms with Gasteiger partial charge < -0.3 is 10.0 Å². The number of piperidine rings is 1. The summed E-state index contributed by atoms with van der Waals surface area (Å²) in [4.78, 5) is 14.3. The van der Waals surface area contributed by atoms with Crippen LogP contribution in [-0.4, -0.2) is 35.1 Å². The maximum absolute atomic E-state index is 11.8. The summed E-state index contributed by atoms with van der Waals surface area (Å²) in [5.74, 6) is 0.0544. The molecule has 2 rings (SSSR count). The molecule has 1 aliphatic heterocycles. The quantitative estimate of drug-likeness (QED) is 0.761. The van der Waals surface area contributed by atoms with Crippen molar-refractivity contribution in [3.05, 3.63) is 22.4 Å². The number of thiophene rings is 1. The van der Waals surface area contributed by atoms with Crippen molar-refractivity contribution in [1.29, 1.82) is 0 Å². The topological polar surface area (TPSA) is 40.5 Å². The molecule has 4 heteroatoms. The van der Waals surface area contributed by atoms with Gasteiger partial charge >= 0.3 is 0 Å². The Morgan fingerprint density at radius 2 is 2.50 bits per heavy atom. The summed E-state index contributed by atoms with van der Waals surface area (Å²) in [6.07, 6.45) is 1.37. The molecule has 1 aromatic heterocycles. The maximum Gasteiger partial charge on any atom is 0.264 e. The van der Waals surface area contributed by atoms with E-state index >= 15 is 0 Å². The van der Waals surface area contributed by atoms with Crippen LogP contribution in [0.15, 0.2) is 17.5 Å². The second kappa shape index (κ2) is 4.11. The molecule has 0 unspecified atom stereocenters. The first kappa shape index (κ1) is 9.68. The number of nitrogens with zero attached hydrogens (tertiary/aromatic N) is 1. The lowest BCUT2D eigenvalue weighted by Crippen LogP contribution is -2.41. The van der Waals surface area contributed by atoms with Crippen molar-refractivity contribution in [3.63, 3.8) is 0 Å². The standard InChI is InChI=1S/C10H13NO2S/c12-8-3-1-5-11(7-8)10(13)9-4-2-6-14-9/h2,4,6,8,12H,1,3,5,7H2/t8-/m1/s1. The summed E-state index contributed by atoms with van der Waals surface area (Å²) >= 11 is 1.45. The highest BCUT2D eigenvalue weighted by atomic mass is 32.1. The lowest BCUT2D eigenvalue weighted by Gasteiger charge is -2.29. The van der Waals surface area contributed by atoms with Gasteiger partial charge in [0.2, 0.25) is 0 Å². The first-order valence-corrected chi connectivity index (χ1v) is 5.66. The monoisotopic (exact) mass is 211 g/mol. The number of hydrogen-bond acceptors (Lipinski definition) is 3. The van der Waals surface area contributed by atoms with Crippen LogP contribution in [-0.2, 0) is 0 Å². The first-order valence-electron chi connectivity index (χ1n) is 4.78. The van der Waals surface area contributed by atoms with Crippen LogP contribution < -0.4 is 0 Å². The van der Waals surface area contributed by atoms with Crippen molar-refractivity contribution < 1.29 is 9.90 Å². The Balaban J connectivity index is 2.04. The molecule has 1 saturated heterocycles. The molecule has 0 spiro atoms. The minimum Gasteiger partial charge on any atom is -0.391 e. The lowest BCUT2D eigenvalue weighted by atomic mass is 10.1. The summed E-state index contributed by atoms with van der Waals surface area (Å²) < 4.78 is 0. The minimum absolute atomic E-state index is 0.0544. The number of hydrogen-bond donors (Lipinski definition) is 1. The summed E-state index contributed by atoms with van der Waals surface area (Å²) in [5, 5.41) is 11.3. The van der Waals surface area contributed by atoms with Crippen molar-refractivity contribution in [2.75, 3.05) is 13.1 Å². The van der Waals surface area contributed by atoms with E-state index in [-0.39, 0.29) is 12.0 Å². The van der Waals surface area contributed by atoms with E-state index in [0.29, 0.717) is 6.54 Å². The molecule has 14 heavy (non-hydrogen) atoms. The van der Waals surface area contributed by atoms with Crippen LogP contribution in [0, 0.1) is 0 Å². The summed E-state index contributed by atoms with van der Waals surface area (Å²) in [5.41, 5.74) is 0. The SMILES string of the molecule is O=C(c1cccs1)N1CCC[C@@H](O)C1. The fourth-order valence-electron chi connectivity index (χ4n) is 1.70. The lowest BCUT2D eigenvalue weighted by molar-refractivity contribution is 0.0478. The zero-order valence-corrected chi connectivity index (χ0v) is 8.67. The van der Waals surface area contributed by atoms with E-state index in [2.05, 4.69) is 0 Å². The number of aliphatic hydroxyl groups excluding tert-OH is 1. The molecule has 1 fully saturated rings.